The van der Waals surface area contributed by atoms with Gasteiger partial charge in [0.15, 0.2) is 0 Å². The van der Waals surface area contributed by atoms with E-state index in [0.29, 0.717) is 0 Å². The number of anilines is 1. The molecule has 2 aromatic rings. The van der Waals surface area contributed by atoms with Gasteiger partial charge in [0.25, 0.3) is 0 Å². The number of nitrogen functional groups attached to an aromatic ring is 1. The van der Waals surface area contributed by atoms with Crippen LogP contribution in [0.1, 0.15) is 35.2 Å². The molecule has 0 amide bonds. The van der Waals surface area contributed by atoms with Crippen molar-refractivity contribution < 1.29 is 13.9 Å². The highest BCUT2D eigenvalue weighted by Crippen LogP contribution is 2.42. The van der Waals surface area contributed by atoms with E-state index in [1.54, 1.807) is 14.0 Å². The van der Waals surface area contributed by atoms with Gasteiger partial charge in [-0.15, -0.1) is 0 Å². The quantitative estimate of drug-likeness (QED) is 0.649. The molecule has 0 bridgehead atoms. The van der Waals surface area contributed by atoms with Gasteiger partial charge in [0.1, 0.15) is 11.4 Å². The van der Waals surface area contributed by atoms with Gasteiger partial charge in [-0.1, -0.05) is 28.1 Å². The van der Waals surface area contributed by atoms with E-state index >= 15 is 4.39 Å². The molecule has 1 aliphatic rings. The zero-order valence-corrected chi connectivity index (χ0v) is 18.5. The topological polar surface area (TPSA) is 47.7 Å². The Morgan fingerprint density at radius 1 is 1.25 bits per heavy atom. The van der Waals surface area contributed by atoms with Crippen LogP contribution in [-0.4, -0.2) is 44.5 Å². The Bertz CT molecular complexity index is 857. The molecule has 2 unspecified atom stereocenters. The van der Waals surface area contributed by atoms with Gasteiger partial charge in [0.05, 0.1) is 19.8 Å². The predicted molar refractivity (Wildman–Crippen MR) is 115 cm³/mol. The molecule has 6 heteroatoms. The number of methoxy groups -OCH3 is 2. The fourth-order valence-electron chi connectivity index (χ4n) is 4.18. The van der Waals surface area contributed by atoms with Gasteiger partial charge in [-0.05, 0) is 55.2 Å². The van der Waals surface area contributed by atoms with Gasteiger partial charge in [-0.3, -0.25) is 4.90 Å². The van der Waals surface area contributed by atoms with Crippen molar-refractivity contribution in [1.82, 2.24) is 4.90 Å². The first kappa shape index (κ1) is 21.1. The minimum atomic E-state index is -1.45. The number of nitrogens with two attached hydrogens (primary N) is 1. The minimum Gasteiger partial charge on any atom is -0.496 e. The van der Waals surface area contributed by atoms with Gasteiger partial charge in [-0.2, -0.15) is 0 Å². The second-order valence-electron chi connectivity index (χ2n) is 7.70. The molecular formula is C22H28BrFN2O2. The Morgan fingerprint density at radius 3 is 2.64 bits per heavy atom. The molecule has 152 valence electrons. The van der Waals surface area contributed by atoms with Crippen LogP contribution in [-0.2, 0) is 11.2 Å². The lowest BCUT2D eigenvalue weighted by Gasteiger charge is -2.41. The highest BCUT2D eigenvalue weighted by molar-refractivity contribution is 9.10. The number of halogens is 2. The van der Waals surface area contributed by atoms with Crippen molar-refractivity contribution in [2.24, 2.45) is 0 Å². The zero-order valence-electron chi connectivity index (χ0n) is 16.9. The van der Waals surface area contributed by atoms with E-state index in [-0.39, 0.29) is 19.2 Å². The van der Waals surface area contributed by atoms with Crippen LogP contribution in [0.2, 0.25) is 0 Å². The first-order chi connectivity index (χ1) is 13.3. The Balaban J connectivity index is 2.13. The van der Waals surface area contributed by atoms with E-state index in [4.69, 9.17) is 15.2 Å². The second kappa shape index (κ2) is 8.39. The Morgan fingerprint density at radius 2 is 1.96 bits per heavy atom. The van der Waals surface area contributed by atoms with Gasteiger partial charge in [-0.25, -0.2) is 4.39 Å². The van der Waals surface area contributed by atoms with Crippen LogP contribution >= 0.6 is 15.9 Å². The number of hydrogen-bond donors (Lipinski definition) is 1. The number of alkyl halides is 1. The van der Waals surface area contributed by atoms with Crippen LogP contribution in [0.4, 0.5) is 10.1 Å². The smallest absolute Gasteiger partial charge is 0.144 e. The Labute approximate surface area is 174 Å². The predicted octanol–water partition coefficient (Wildman–Crippen LogP) is 4.67. The molecule has 3 rings (SSSR count). The van der Waals surface area contributed by atoms with E-state index in [0.717, 1.165) is 45.6 Å². The van der Waals surface area contributed by atoms with Gasteiger partial charge in [0, 0.05) is 35.9 Å². The standard InChI is InChI=1S/C22H28BrFN2O2/c1-14-16-9-10-26(12-22(2,24)13-27-3)21(17(16)7-8-19(14)25)18-6-5-15(23)11-20(18)28-4/h5-8,11,21H,9-10,12-13,25H2,1-4H3. The normalized spacial score (nSPS) is 19.1. The fraction of sp³-hybridized carbons (Fsp3) is 0.455. The van der Waals surface area contributed by atoms with E-state index in [9.17, 15) is 0 Å². The third-order valence-corrected chi connectivity index (χ3v) is 5.95. The molecule has 1 heterocycles. The largest absolute Gasteiger partial charge is 0.496 e. The summed E-state index contributed by atoms with van der Waals surface area (Å²) < 4.78 is 26.8. The van der Waals surface area contributed by atoms with Crippen molar-refractivity contribution in [3.8, 4) is 5.75 Å². The fourth-order valence-corrected chi connectivity index (χ4v) is 4.52. The van der Waals surface area contributed by atoms with Crippen molar-refractivity contribution in [3.63, 3.8) is 0 Å². The van der Waals surface area contributed by atoms with Crippen LogP contribution in [0.5, 0.6) is 5.75 Å². The van der Waals surface area contributed by atoms with Crippen molar-refractivity contribution >= 4 is 21.6 Å². The van der Waals surface area contributed by atoms with Crippen molar-refractivity contribution in [3.05, 3.63) is 57.1 Å². The minimum absolute atomic E-state index is 0.0569. The van der Waals surface area contributed by atoms with Gasteiger partial charge >= 0.3 is 0 Å². The summed E-state index contributed by atoms with van der Waals surface area (Å²) in [4.78, 5) is 2.18. The molecule has 28 heavy (non-hydrogen) atoms. The lowest BCUT2D eigenvalue weighted by atomic mass is 9.84. The van der Waals surface area contributed by atoms with Crippen molar-refractivity contribution in [1.29, 1.82) is 0 Å². The van der Waals surface area contributed by atoms with Crippen LogP contribution in [0.3, 0.4) is 0 Å². The maximum Gasteiger partial charge on any atom is 0.144 e. The molecule has 2 atom stereocenters. The van der Waals surface area contributed by atoms with E-state index in [1.165, 1.54) is 12.7 Å². The number of nitrogens with zero attached hydrogens (tertiary/aromatic N) is 1. The third kappa shape index (κ3) is 4.19. The van der Waals surface area contributed by atoms with Crippen LogP contribution < -0.4 is 10.5 Å². The number of rotatable bonds is 6. The number of benzene rings is 2. The monoisotopic (exact) mass is 450 g/mol. The zero-order chi connectivity index (χ0) is 20.5. The van der Waals surface area contributed by atoms with Crippen molar-refractivity contribution in [2.45, 2.75) is 32.0 Å². The van der Waals surface area contributed by atoms with Crippen LogP contribution in [0.25, 0.3) is 0 Å². The molecule has 1 aliphatic heterocycles. The molecule has 4 nitrogen and oxygen atoms in total. The molecule has 0 fully saturated rings. The van der Waals surface area contributed by atoms with E-state index in [2.05, 4.69) is 33.8 Å². The average molecular weight is 451 g/mol. The lowest BCUT2D eigenvalue weighted by Crippen LogP contribution is -2.46. The molecule has 0 aromatic heterocycles. The maximum atomic E-state index is 15.1. The summed E-state index contributed by atoms with van der Waals surface area (Å²) in [6, 6.07) is 9.90. The summed E-state index contributed by atoms with van der Waals surface area (Å²) in [7, 11) is 3.20. The number of fused-ring (bicyclic) bond motifs is 1. The summed E-state index contributed by atoms with van der Waals surface area (Å²) in [6.07, 6.45) is 0.838. The number of hydrogen-bond acceptors (Lipinski definition) is 4. The van der Waals surface area contributed by atoms with Gasteiger partial charge in [0.2, 0.25) is 0 Å². The maximum absolute atomic E-state index is 15.1. The van der Waals surface area contributed by atoms with Crippen LogP contribution in [0.15, 0.2) is 34.8 Å². The summed E-state index contributed by atoms with van der Waals surface area (Å²) in [5, 5.41) is 0. The molecule has 0 spiro atoms. The molecular weight excluding hydrogens is 423 g/mol. The molecule has 2 N–H and O–H groups in total. The van der Waals surface area contributed by atoms with E-state index in [1.807, 2.05) is 24.3 Å². The highest BCUT2D eigenvalue weighted by atomic mass is 79.9. The lowest BCUT2D eigenvalue weighted by molar-refractivity contribution is 0.0152. The Kier molecular flexibility index (Phi) is 6.32. The average Bonchev–Trinajstić information content (AvgIpc) is 2.64. The Hall–Kier alpha value is -1.63. The summed E-state index contributed by atoms with van der Waals surface area (Å²) in [5.41, 5.74) is 10.0. The number of ether oxygens (including phenoxy) is 2. The van der Waals surface area contributed by atoms with E-state index < -0.39 is 5.67 Å². The van der Waals surface area contributed by atoms with Crippen molar-refractivity contribution in [2.75, 3.05) is 39.6 Å². The first-order valence-corrected chi connectivity index (χ1v) is 10.2. The highest BCUT2D eigenvalue weighted by Gasteiger charge is 2.36. The summed E-state index contributed by atoms with van der Waals surface area (Å²) in [5.74, 6) is 0.777. The molecule has 2 aromatic carbocycles. The molecule has 0 saturated heterocycles. The SMILES string of the molecule is COCC(C)(F)CN1CCc2c(ccc(N)c2C)C1c1ccc(Br)cc1OC. The first-order valence-electron chi connectivity index (χ1n) is 9.40. The molecule has 0 aliphatic carbocycles. The summed E-state index contributed by atoms with van der Waals surface area (Å²) >= 11 is 3.51. The third-order valence-electron chi connectivity index (χ3n) is 5.45. The van der Waals surface area contributed by atoms with Gasteiger partial charge < -0.3 is 15.2 Å². The second-order valence-corrected chi connectivity index (χ2v) is 8.62. The molecule has 0 radical (unpaired) electrons. The van der Waals surface area contributed by atoms with Crippen LogP contribution in [0, 0.1) is 6.92 Å². The molecule has 0 saturated carbocycles. The summed E-state index contributed by atoms with van der Waals surface area (Å²) in [6.45, 7) is 4.72.